The number of carboxylic acid groups (broad SMARTS) is 1. The standard InChI is InChI=1S/C9H16N2O5S/c1-9(2,8(13)14)10-7(12)6-11-4-3-5-17(11,15)16/h3-6H2,1-2H3,(H,10,12)(H,13,14). The fourth-order valence-electron chi connectivity index (χ4n) is 1.47. The molecule has 1 aliphatic heterocycles. The zero-order chi connectivity index (χ0) is 13.3. The minimum atomic E-state index is -3.33. The molecule has 1 amide bonds. The molecule has 8 heteroatoms. The van der Waals surface area contributed by atoms with Crippen LogP contribution in [0.3, 0.4) is 0 Å². The summed E-state index contributed by atoms with van der Waals surface area (Å²) >= 11 is 0. The molecule has 0 aromatic rings. The van der Waals surface area contributed by atoms with Gasteiger partial charge in [-0.3, -0.25) is 4.79 Å². The molecule has 0 radical (unpaired) electrons. The predicted octanol–water partition coefficient (Wildman–Crippen LogP) is -0.999. The van der Waals surface area contributed by atoms with Gasteiger partial charge in [0.15, 0.2) is 0 Å². The Hall–Kier alpha value is -1.15. The molecule has 0 aromatic heterocycles. The van der Waals surface area contributed by atoms with E-state index in [0.717, 1.165) is 4.31 Å². The molecule has 98 valence electrons. The average Bonchev–Trinajstić information content (AvgIpc) is 2.44. The number of nitrogens with zero attached hydrogens (tertiary/aromatic N) is 1. The zero-order valence-corrected chi connectivity index (χ0v) is 10.6. The Morgan fingerprint density at radius 3 is 2.41 bits per heavy atom. The molecule has 1 fully saturated rings. The topological polar surface area (TPSA) is 104 Å². The first-order valence-corrected chi connectivity index (χ1v) is 6.78. The Bertz CT molecular complexity index is 429. The van der Waals surface area contributed by atoms with Crippen LogP contribution in [0, 0.1) is 0 Å². The highest BCUT2D eigenvalue weighted by Crippen LogP contribution is 2.12. The van der Waals surface area contributed by atoms with Crippen molar-refractivity contribution in [1.29, 1.82) is 0 Å². The third-order valence-corrected chi connectivity index (χ3v) is 4.41. The van der Waals surface area contributed by atoms with Crippen molar-refractivity contribution in [2.75, 3.05) is 18.8 Å². The molecule has 0 spiro atoms. The Balaban J connectivity index is 2.60. The van der Waals surface area contributed by atoms with E-state index in [9.17, 15) is 18.0 Å². The number of amides is 1. The first kappa shape index (κ1) is 13.9. The molecule has 0 saturated carbocycles. The maximum Gasteiger partial charge on any atom is 0.328 e. The first-order valence-electron chi connectivity index (χ1n) is 5.17. The number of carboxylic acids is 1. The lowest BCUT2D eigenvalue weighted by molar-refractivity contribution is -0.146. The molecule has 0 aliphatic carbocycles. The second kappa shape index (κ2) is 4.61. The number of carbonyl (C=O) groups is 2. The van der Waals surface area contributed by atoms with Gasteiger partial charge in [-0.25, -0.2) is 13.2 Å². The highest BCUT2D eigenvalue weighted by molar-refractivity contribution is 7.89. The summed E-state index contributed by atoms with van der Waals surface area (Å²) in [6.07, 6.45) is 0.498. The van der Waals surface area contributed by atoms with Crippen molar-refractivity contribution in [3.05, 3.63) is 0 Å². The molecule has 2 N–H and O–H groups in total. The number of aliphatic carboxylic acids is 1. The Morgan fingerprint density at radius 2 is 2.00 bits per heavy atom. The van der Waals surface area contributed by atoms with Gasteiger partial charge in [-0.1, -0.05) is 0 Å². The normalized spacial score (nSPS) is 20.1. The van der Waals surface area contributed by atoms with Gasteiger partial charge in [0, 0.05) is 6.54 Å². The molecule has 1 rings (SSSR count). The van der Waals surface area contributed by atoms with Gasteiger partial charge >= 0.3 is 5.97 Å². The van der Waals surface area contributed by atoms with Gasteiger partial charge in [-0.05, 0) is 20.3 Å². The van der Waals surface area contributed by atoms with Crippen LogP contribution in [0.5, 0.6) is 0 Å². The van der Waals surface area contributed by atoms with Crippen LogP contribution in [0.15, 0.2) is 0 Å². The van der Waals surface area contributed by atoms with Gasteiger partial charge in [0.05, 0.1) is 12.3 Å². The van der Waals surface area contributed by atoms with Crippen molar-refractivity contribution in [2.24, 2.45) is 0 Å². The van der Waals surface area contributed by atoms with Crippen LogP contribution in [0.1, 0.15) is 20.3 Å². The highest BCUT2D eigenvalue weighted by Gasteiger charge is 2.33. The lowest BCUT2D eigenvalue weighted by Gasteiger charge is -2.22. The van der Waals surface area contributed by atoms with E-state index in [1.54, 1.807) is 0 Å². The van der Waals surface area contributed by atoms with Crippen LogP contribution in [0.4, 0.5) is 0 Å². The van der Waals surface area contributed by atoms with Gasteiger partial charge in [-0.2, -0.15) is 4.31 Å². The van der Waals surface area contributed by atoms with Gasteiger partial charge in [-0.15, -0.1) is 0 Å². The quantitative estimate of drug-likeness (QED) is 0.678. The fraction of sp³-hybridized carbons (Fsp3) is 0.778. The molecular formula is C9H16N2O5S. The summed E-state index contributed by atoms with van der Waals surface area (Å²) in [5.41, 5.74) is -1.40. The molecule has 17 heavy (non-hydrogen) atoms. The largest absolute Gasteiger partial charge is 0.480 e. The minimum absolute atomic E-state index is 0.0442. The maximum atomic E-state index is 11.5. The summed E-state index contributed by atoms with van der Waals surface area (Å²) in [6, 6.07) is 0. The molecule has 0 bridgehead atoms. The third kappa shape index (κ3) is 3.40. The van der Waals surface area contributed by atoms with E-state index in [1.165, 1.54) is 13.8 Å². The highest BCUT2D eigenvalue weighted by atomic mass is 32.2. The van der Waals surface area contributed by atoms with Crippen LogP contribution in [-0.4, -0.2) is 54.1 Å². The monoisotopic (exact) mass is 264 g/mol. The smallest absolute Gasteiger partial charge is 0.328 e. The summed E-state index contributed by atoms with van der Waals surface area (Å²) in [4.78, 5) is 22.3. The summed E-state index contributed by atoms with van der Waals surface area (Å²) in [5, 5.41) is 11.1. The molecule has 1 heterocycles. The van der Waals surface area contributed by atoms with Crippen LogP contribution in [-0.2, 0) is 19.6 Å². The Kier molecular flexibility index (Phi) is 3.78. The van der Waals surface area contributed by atoms with Crippen LogP contribution >= 0.6 is 0 Å². The van der Waals surface area contributed by atoms with Gasteiger partial charge in [0.25, 0.3) is 0 Å². The van der Waals surface area contributed by atoms with Crippen LogP contribution < -0.4 is 5.32 Å². The van der Waals surface area contributed by atoms with Gasteiger partial charge < -0.3 is 10.4 Å². The van der Waals surface area contributed by atoms with Crippen molar-refractivity contribution in [3.8, 4) is 0 Å². The minimum Gasteiger partial charge on any atom is -0.480 e. The van der Waals surface area contributed by atoms with Crippen molar-refractivity contribution in [2.45, 2.75) is 25.8 Å². The SMILES string of the molecule is CC(C)(NC(=O)CN1CCCS1(=O)=O)C(=O)O. The van der Waals surface area contributed by atoms with Gasteiger partial charge in [0.2, 0.25) is 15.9 Å². The van der Waals surface area contributed by atoms with Crippen LogP contribution in [0.2, 0.25) is 0 Å². The van der Waals surface area contributed by atoms with E-state index in [-0.39, 0.29) is 12.3 Å². The summed E-state index contributed by atoms with van der Waals surface area (Å²) < 4.78 is 23.9. The molecule has 0 unspecified atom stereocenters. The molecule has 7 nitrogen and oxygen atoms in total. The summed E-state index contributed by atoms with van der Waals surface area (Å²) in [6.45, 7) is 2.67. The lowest BCUT2D eigenvalue weighted by Crippen LogP contribution is -2.52. The first-order chi connectivity index (χ1) is 7.65. The summed E-state index contributed by atoms with van der Waals surface area (Å²) in [5.74, 6) is -1.74. The second-order valence-electron chi connectivity index (χ2n) is 4.48. The molecule has 0 aromatic carbocycles. The van der Waals surface area contributed by atoms with E-state index in [1.807, 2.05) is 0 Å². The average molecular weight is 264 g/mol. The number of sulfonamides is 1. The van der Waals surface area contributed by atoms with Crippen molar-refractivity contribution in [1.82, 2.24) is 9.62 Å². The van der Waals surface area contributed by atoms with Gasteiger partial charge in [0.1, 0.15) is 5.54 Å². The van der Waals surface area contributed by atoms with E-state index < -0.39 is 27.4 Å². The van der Waals surface area contributed by atoms with E-state index >= 15 is 0 Å². The van der Waals surface area contributed by atoms with Crippen LogP contribution in [0.25, 0.3) is 0 Å². The third-order valence-electron chi connectivity index (χ3n) is 2.51. The van der Waals surface area contributed by atoms with Crippen molar-refractivity contribution >= 4 is 21.9 Å². The number of hydrogen-bond acceptors (Lipinski definition) is 4. The number of hydrogen-bond donors (Lipinski definition) is 2. The predicted molar refractivity (Wildman–Crippen MR) is 59.8 cm³/mol. The van der Waals surface area contributed by atoms with E-state index in [4.69, 9.17) is 5.11 Å². The van der Waals surface area contributed by atoms with E-state index in [2.05, 4.69) is 5.32 Å². The zero-order valence-electron chi connectivity index (χ0n) is 9.76. The van der Waals surface area contributed by atoms with E-state index in [0.29, 0.717) is 13.0 Å². The number of nitrogens with one attached hydrogen (secondary N) is 1. The van der Waals surface area contributed by atoms with Crippen molar-refractivity contribution < 1.29 is 23.1 Å². The maximum absolute atomic E-state index is 11.5. The van der Waals surface area contributed by atoms with Crippen molar-refractivity contribution in [3.63, 3.8) is 0 Å². The molecule has 1 saturated heterocycles. The fourth-order valence-corrected chi connectivity index (χ4v) is 2.94. The Morgan fingerprint density at radius 1 is 1.41 bits per heavy atom. The lowest BCUT2D eigenvalue weighted by atomic mass is 10.1. The number of carbonyl (C=O) groups excluding carboxylic acids is 1. The number of rotatable bonds is 4. The molecular weight excluding hydrogens is 248 g/mol. The molecule has 0 atom stereocenters. The Labute approximate surface area is 99.8 Å². The second-order valence-corrected chi connectivity index (χ2v) is 6.57. The summed E-state index contributed by atoms with van der Waals surface area (Å²) in [7, 11) is -3.33. The molecule has 1 aliphatic rings.